The van der Waals surface area contributed by atoms with E-state index in [-0.39, 0.29) is 35.3 Å². The Labute approximate surface area is 693 Å². The first-order valence-electron chi connectivity index (χ1n) is 41.9. The predicted molar refractivity (Wildman–Crippen MR) is 471 cm³/mol. The van der Waals surface area contributed by atoms with Gasteiger partial charge in [0.05, 0.1) is 82.2 Å². The molecule has 8 heterocycles. The van der Waals surface area contributed by atoms with Crippen LogP contribution >= 0.6 is 0 Å². The van der Waals surface area contributed by atoms with Gasteiger partial charge in [0.2, 0.25) is 11.8 Å². The highest BCUT2D eigenvalue weighted by atomic mass is 32.2. The van der Waals surface area contributed by atoms with E-state index in [1.807, 2.05) is 127 Å². The topological polar surface area (TPSA) is 164 Å². The number of piperazine rings is 3. The molecule has 22 heteroatoms. The van der Waals surface area contributed by atoms with Crippen LogP contribution in [0.2, 0.25) is 0 Å². The first kappa shape index (κ1) is 95.1. The van der Waals surface area contributed by atoms with Gasteiger partial charge in [0.25, 0.3) is 0 Å². The van der Waals surface area contributed by atoms with E-state index < -0.39 is 16.1 Å². The van der Waals surface area contributed by atoms with Crippen molar-refractivity contribution in [2.75, 3.05) is 145 Å². The van der Waals surface area contributed by atoms with Gasteiger partial charge in [-0.3, -0.25) is 23.7 Å². The molecule has 0 spiro atoms. The fraction of sp³-hybridized carbons (Fsp3) is 0.543. The SMILES string of the molecule is C=S(C)(=O)c1ccc(C(C)C)cc1.CC(=O)Nc1ccc(C(C)C)cn1.CC(C)c1ccc(N2CCN(C3COC3)CC2)c(OC(F)F)c1.CC(C)c1ccc(N2CCN(C3COC3)CC2)cc1F.CC(C)c1ccc(N2C[C@@H](C)N(C3COC3)C[C@@H]2C)cc1.CCOC(=O)c1cccc(C(C)C)c1.CCOc1ccc(C(C)C)cn1. The maximum Gasteiger partial charge on any atom is 0.387 e. The Kier molecular flexibility index (Phi) is 38.4. The first-order valence-corrected chi connectivity index (χ1v) is 44.0. The number of carbonyl (C=O) groups is 2. The van der Waals surface area contributed by atoms with Crippen molar-refractivity contribution in [2.45, 2.75) is 215 Å². The summed E-state index contributed by atoms with van der Waals surface area (Å²) in [6, 6.07) is 46.6. The van der Waals surface area contributed by atoms with E-state index in [2.05, 4.69) is 170 Å². The van der Waals surface area contributed by atoms with Gasteiger partial charge in [-0.25, -0.2) is 19.2 Å². The highest BCUT2D eigenvalue weighted by Gasteiger charge is 2.37. The Hall–Kier alpha value is -8.09. The van der Waals surface area contributed by atoms with Gasteiger partial charge in [-0.1, -0.05) is 158 Å². The third-order valence-corrected chi connectivity index (χ3v) is 23.0. The summed E-state index contributed by atoms with van der Waals surface area (Å²) >= 11 is 0. The van der Waals surface area contributed by atoms with Gasteiger partial charge in [-0.2, -0.15) is 8.78 Å². The molecule has 3 atom stereocenters. The molecule has 13 rings (SSSR count). The zero-order valence-electron chi connectivity index (χ0n) is 73.1. The second kappa shape index (κ2) is 46.9. The lowest BCUT2D eigenvalue weighted by atomic mass is 10.0. The van der Waals surface area contributed by atoms with Crippen molar-refractivity contribution in [2.24, 2.45) is 0 Å². The maximum atomic E-state index is 14.1. The summed E-state index contributed by atoms with van der Waals surface area (Å²) in [4.78, 5) is 45.7. The molecule has 6 fully saturated rings. The number of pyridine rings is 2. The monoisotopic (exact) mass is 1620 g/mol. The third-order valence-electron chi connectivity index (χ3n) is 21.7. The molecule has 6 aliphatic heterocycles. The molecule has 6 aliphatic rings. The molecule has 1 amide bonds. The Morgan fingerprint density at radius 1 is 0.534 bits per heavy atom. The highest BCUT2D eigenvalue weighted by molar-refractivity contribution is 7.99. The number of esters is 1. The van der Waals surface area contributed by atoms with Crippen LogP contribution in [0.4, 0.5) is 36.1 Å². The van der Waals surface area contributed by atoms with Gasteiger partial charge < -0.3 is 48.4 Å². The minimum atomic E-state index is -2.80. The van der Waals surface area contributed by atoms with Gasteiger partial charge in [-0.15, -0.1) is 0 Å². The van der Waals surface area contributed by atoms with Crippen LogP contribution in [-0.4, -0.2) is 208 Å². The number of benzene rings is 5. The first-order chi connectivity index (χ1) is 55.1. The van der Waals surface area contributed by atoms with Crippen molar-refractivity contribution in [3.8, 4) is 11.6 Å². The van der Waals surface area contributed by atoms with Crippen molar-refractivity contribution in [1.29, 1.82) is 0 Å². The van der Waals surface area contributed by atoms with Gasteiger partial charge >= 0.3 is 12.6 Å². The van der Waals surface area contributed by atoms with Crippen molar-refractivity contribution < 1.29 is 55.4 Å². The standard InChI is InChI=1S/C18H28N2O.C17H24F2N2O2.C16H23FN2O.C12H16O2.C11H16OS.C10H14N2O.C10H15NO/c1-13(2)16-5-7-17(8-6-16)19-9-15(4)20(10-14(19)3)18-11-21-12-18;1-12(2)13-3-4-15(16(9-13)23-17(18)19)21-7-5-20(6-8-21)14-10-22-11-14;1-12(2)15-4-3-13(9-16(15)17)18-5-7-19(8-6-18)14-10-20-11-14;1-4-14-12(13)11-7-5-6-10(8-11)9(2)3;1-9(2)10-5-7-11(8-6-10)13(3,4)12;1-7(2)9-4-5-10(11-6-9)12-8(3)13;1-4-12-10-6-5-9(7-11-10)8(2)3/h5-8,13-15,18H,9-12H2,1-4H3;3-4,9,12,14,17H,5-8,10-11H2,1-2H3;3-4,9,12,14H,5-8,10-11H2,1-2H3;5-9H,4H2,1-3H3;5-9H,3H2,1-2,4H3;4-7H,1-3H3,(H,11,12,13);5-8H,4H2,1-3H3/t14-,15+;;;;;;/m0....../s1. The minimum absolute atomic E-state index is 0.0766. The molecule has 1 unspecified atom stereocenters. The van der Waals surface area contributed by atoms with Crippen LogP contribution < -0.4 is 29.5 Å². The Morgan fingerprint density at radius 3 is 1.45 bits per heavy atom. The normalized spacial score (nSPS) is 17.9. The van der Waals surface area contributed by atoms with E-state index in [0.29, 0.717) is 90.3 Å². The summed E-state index contributed by atoms with van der Waals surface area (Å²) < 4.78 is 81.9. The van der Waals surface area contributed by atoms with Crippen LogP contribution in [0.5, 0.6) is 11.6 Å². The number of rotatable bonds is 21. The van der Waals surface area contributed by atoms with Crippen LogP contribution in [0.15, 0.2) is 151 Å². The number of hydrogen-bond acceptors (Lipinski definition) is 17. The Balaban J connectivity index is 0.000000190. The van der Waals surface area contributed by atoms with E-state index >= 15 is 0 Å². The van der Waals surface area contributed by atoms with Crippen LogP contribution in [0.1, 0.15) is 222 Å². The molecule has 1 N–H and O–H groups in total. The molecule has 6 saturated heterocycles. The van der Waals surface area contributed by atoms with Gasteiger partial charge in [-0.05, 0) is 190 Å². The largest absolute Gasteiger partial charge is 0.478 e. The van der Waals surface area contributed by atoms with E-state index in [9.17, 15) is 27.0 Å². The number of aromatic nitrogens is 2. The zero-order valence-corrected chi connectivity index (χ0v) is 73.9. The van der Waals surface area contributed by atoms with Crippen molar-refractivity contribution in [3.05, 3.63) is 196 Å². The van der Waals surface area contributed by atoms with Crippen molar-refractivity contribution in [3.63, 3.8) is 0 Å². The second-order valence-corrected chi connectivity index (χ2v) is 35.6. The molecule has 7 aromatic rings. The molecule has 0 saturated carbocycles. The number of nitrogens with zero attached hydrogens (tertiary/aromatic N) is 8. The summed E-state index contributed by atoms with van der Waals surface area (Å²) in [6.45, 7) is 52.8. The molecule has 638 valence electrons. The molecule has 0 bridgehead atoms. The number of amides is 1. The predicted octanol–water partition coefficient (Wildman–Crippen LogP) is 18.8. The van der Waals surface area contributed by atoms with Crippen molar-refractivity contribution >= 4 is 50.1 Å². The quantitative estimate of drug-likeness (QED) is 0.0533. The fourth-order valence-electron chi connectivity index (χ4n) is 13.9. The lowest BCUT2D eigenvalue weighted by molar-refractivity contribution is -0.114. The zero-order chi connectivity index (χ0) is 84.9. The minimum Gasteiger partial charge on any atom is -0.478 e. The summed E-state index contributed by atoms with van der Waals surface area (Å²) in [6.07, 6.45) is 5.32. The van der Waals surface area contributed by atoms with Crippen LogP contribution in [0, 0.1) is 5.82 Å². The summed E-state index contributed by atoms with van der Waals surface area (Å²) in [5, 5.41) is 2.62. The highest BCUT2D eigenvalue weighted by Crippen LogP contribution is 2.35. The number of alkyl halides is 2. The van der Waals surface area contributed by atoms with Gasteiger partial charge in [0, 0.05) is 125 Å². The molecule has 5 aromatic carbocycles. The van der Waals surface area contributed by atoms with Gasteiger partial charge in [0.1, 0.15) is 17.4 Å². The molecule has 0 radical (unpaired) electrons. The van der Waals surface area contributed by atoms with E-state index in [1.54, 1.807) is 30.7 Å². The van der Waals surface area contributed by atoms with Gasteiger partial charge in [0.15, 0.2) is 0 Å². The number of halogens is 3. The molecule has 0 aliphatic carbocycles. The Morgan fingerprint density at radius 2 is 1.02 bits per heavy atom. The molecule has 116 heavy (non-hydrogen) atoms. The maximum absolute atomic E-state index is 14.1. The van der Waals surface area contributed by atoms with Crippen LogP contribution in [0.25, 0.3) is 0 Å². The average molecular weight is 1630 g/mol. The smallest absolute Gasteiger partial charge is 0.387 e. The summed E-state index contributed by atoms with van der Waals surface area (Å²) in [7, 11) is -2.05. The second-order valence-electron chi connectivity index (χ2n) is 33.1. The molecule has 2 aromatic heterocycles. The molecular weight excluding hydrogens is 1490 g/mol. The number of hydrogen-bond donors (Lipinski definition) is 1. The Bertz CT molecular complexity index is 4160. The third kappa shape index (κ3) is 29.8. The summed E-state index contributed by atoms with van der Waals surface area (Å²) in [5.74, 6) is 7.91. The van der Waals surface area contributed by atoms with E-state index in [4.69, 9.17) is 28.4 Å². The van der Waals surface area contributed by atoms with Crippen LogP contribution in [0.3, 0.4) is 0 Å². The number of carbonyl (C=O) groups excluding carboxylic acids is 2. The van der Waals surface area contributed by atoms with Crippen LogP contribution in [-0.2, 0) is 33.3 Å². The summed E-state index contributed by atoms with van der Waals surface area (Å²) in [5.41, 5.74) is 11.9. The molecule has 18 nitrogen and oxygen atoms in total. The van der Waals surface area contributed by atoms with E-state index in [0.717, 1.165) is 138 Å². The fourth-order valence-corrected chi connectivity index (χ4v) is 14.6. The molecular formula is C94H136F3N9O9S. The number of anilines is 4. The van der Waals surface area contributed by atoms with E-state index in [1.165, 1.54) is 34.9 Å². The lowest BCUT2D eigenvalue weighted by Gasteiger charge is -2.50. The average Bonchev–Trinajstić information content (AvgIpc) is 0.797. The number of nitrogens with one attached hydrogen (secondary N) is 1. The van der Waals surface area contributed by atoms with Crippen molar-refractivity contribution in [1.82, 2.24) is 24.7 Å². The number of ether oxygens (including phenoxy) is 6. The lowest BCUT2D eigenvalue weighted by Crippen LogP contribution is -2.63.